The van der Waals surface area contributed by atoms with Crippen LogP contribution < -0.4 is 10.1 Å². The highest BCUT2D eigenvalue weighted by Crippen LogP contribution is 2.30. The molecule has 1 atom stereocenters. The van der Waals surface area contributed by atoms with E-state index in [0.717, 1.165) is 25.7 Å². The van der Waals surface area contributed by atoms with Crippen LogP contribution in [0.4, 0.5) is 0 Å². The van der Waals surface area contributed by atoms with Crippen molar-refractivity contribution in [3.8, 4) is 5.75 Å². The van der Waals surface area contributed by atoms with Gasteiger partial charge >= 0.3 is 0 Å². The standard InChI is InChI=1S/C20H29ClN2O4S/c1-27-19-11-10-17(13-18(19)21)28(25,26)23-12-6-7-15(14-23)20(24)22-16-8-4-2-3-5-9-16/h10-11,13,15-16H,2-9,12,14H2,1H3,(H,22,24)/t15-/m0/s1. The Balaban J connectivity index is 1.67. The summed E-state index contributed by atoms with van der Waals surface area (Å²) in [6.07, 6.45) is 8.18. The largest absolute Gasteiger partial charge is 0.495 e. The average Bonchev–Trinajstić information content (AvgIpc) is 2.96. The highest BCUT2D eigenvalue weighted by molar-refractivity contribution is 7.89. The first-order chi connectivity index (χ1) is 13.4. The van der Waals surface area contributed by atoms with E-state index in [0.29, 0.717) is 25.1 Å². The zero-order valence-electron chi connectivity index (χ0n) is 16.3. The van der Waals surface area contributed by atoms with Gasteiger partial charge in [-0.25, -0.2) is 8.42 Å². The highest BCUT2D eigenvalue weighted by atomic mass is 35.5. The predicted octanol–water partition coefficient (Wildman–Crippen LogP) is 3.59. The van der Waals surface area contributed by atoms with Gasteiger partial charge in [0.05, 0.1) is 22.9 Å². The van der Waals surface area contributed by atoms with E-state index >= 15 is 0 Å². The van der Waals surface area contributed by atoms with Crippen molar-refractivity contribution in [1.82, 2.24) is 9.62 Å². The number of carbonyl (C=O) groups is 1. The summed E-state index contributed by atoms with van der Waals surface area (Å²) in [5.74, 6) is 0.111. The lowest BCUT2D eigenvalue weighted by Gasteiger charge is -2.32. The Labute approximate surface area is 172 Å². The van der Waals surface area contributed by atoms with E-state index in [1.165, 1.54) is 36.4 Å². The molecule has 1 aliphatic heterocycles. The molecule has 1 saturated carbocycles. The molecule has 1 amide bonds. The summed E-state index contributed by atoms with van der Waals surface area (Å²) >= 11 is 6.10. The quantitative estimate of drug-likeness (QED) is 0.727. The molecule has 2 aliphatic rings. The van der Waals surface area contributed by atoms with Crippen LogP contribution in [0.2, 0.25) is 5.02 Å². The first-order valence-electron chi connectivity index (χ1n) is 10.1. The van der Waals surface area contributed by atoms with Gasteiger partial charge in [0, 0.05) is 19.1 Å². The molecule has 156 valence electrons. The lowest BCUT2D eigenvalue weighted by molar-refractivity contribution is -0.126. The van der Waals surface area contributed by atoms with E-state index in [-0.39, 0.29) is 34.3 Å². The van der Waals surface area contributed by atoms with Gasteiger partial charge in [-0.15, -0.1) is 0 Å². The molecule has 1 aromatic carbocycles. The Hall–Kier alpha value is -1.31. The summed E-state index contributed by atoms with van der Waals surface area (Å²) in [7, 11) is -2.22. The molecular formula is C20H29ClN2O4S. The van der Waals surface area contributed by atoms with E-state index in [4.69, 9.17) is 16.3 Å². The number of carbonyl (C=O) groups excluding carboxylic acids is 1. The van der Waals surface area contributed by atoms with Crippen LogP contribution in [0, 0.1) is 5.92 Å². The molecule has 28 heavy (non-hydrogen) atoms. The van der Waals surface area contributed by atoms with E-state index in [1.807, 2.05) is 0 Å². The minimum atomic E-state index is -3.70. The molecule has 3 rings (SSSR count). The van der Waals surface area contributed by atoms with Gasteiger partial charge in [0.15, 0.2) is 0 Å². The fourth-order valence-corrected chi connectivity index (χ4v) is 5.95. The van der Waals surface area contributed by atoms with Gasteiger partial charge in [-0.05, 0) is 43.9 Å². The number of amides is 1. The maximum absolute atomic E-state index is 13.0. The van der Waals surface area contributed by atoms with Crippen LogP contribution in [0.3, 0.4) is 0 Å². The zero-order chi connectivity index (χ0) is 20.1. The van der Waals surface area contributed by atoms with E-state index in [1.54, 1.807) is 6.07 Å². The summed E-state index contributed by atoms with van der Waals surface area (Å²) in [5.41, 5.74) is 0. The minimum Gasteiger partial charge on any atom is -0.495 e. The van der Waals surface area contributed by atoms with Crippen LogP contribution >= 0.6 is 11.6 Å². The molecule has 0 radical (unpaired) electrons. The van der Waals surface area contributed by atoms with Gasteiger partial charge in [-0.3, -0.25) is 4.79 Å². The third-order valence-corrected chi connectivity index (χ3v) is 7.87. The number of hydrogen-bond acceptors (Lipinski definition) is 4. The number of piperidine rings is 1. The second kappa shape index (κ2) is 9.46. The van der Waals surface area contributed by atoms with Crippen molar-refractivity contribution in [3.05, 3.63) is 23.2 Å². The summed E-state index contributed by atoms with van der Waals surface area (Å²) in [6, 6.07) is 4.68. The van der Waals surface area contributed by atoms with Crippen LogP contribution in [0.15, 0.2) is 23.1 Å². The topological polar surface area (TPSA) is 75.7 Å². The summed E-state index contributed by atoms with van der Waals surface area (Å²) < 4.78 is 32.6. The van der Waals surface area contributed by atoms with Crippen LogP contribution in [0.5, 0.6) is 5.75 Å². The molecule has 8 heteroatoms. The number of halogens is 1. The van der Waals surface area contributed by atoms with Crippen molar-refractivity contribution < 1.29 is 17.9 Å². The maximum atomic E-state index is 13.0. The zero-order valence-corrected chi connectivity index (χ0v) is 17.9. The van der Waals surface area contributed by atoms with E-state index in [2.05, 4.69) is 5.32 Å². The molecule has 2 fully saturated rings. The molecule has 1 aliphatic carbocycles. The number of rotatable bonds is 5. The van der Waals surface area contributed by atoms with Crippen molar-refractivity contribution in [2.24, 2.45) is 5.92 Å². The molecule has 1 heterocycles. The Kier molecular flexibility index (Phi) is 7.23. The van der Waals surface area contributed by atoms with Gasteiger partial charge in [-0.2, -0.15) is 4.31 Å². The number of hydrogen-bond donors (Lipinski definition) is 1. The number of ether oxygens (including phenoxy) is 1. The Morgan fingerprint density at radius 3 is 2.50 bits per heavy atom. The van der Waals surface area contributed by atoms with Gasteiger partial charge in [-0.1, -0.05) is 37.3 Å². The normalized spacial score (nSPS) is 22.4. The minimum absolute atomic E-state index is 0.0143. The second-order valence-electron chi connectivity index (χ2n) is 7.70. The molecule has 6 nitrogen and oxygen atoms in total. The number of benzene rings is 1. The van der Waals surface area contributed by atoms with Crippen molar-refractivity contribution in [2.75, 3.05) is 20.2 Å². The fourth-order valence-electron chi connectivity index (χ4n) is 4.07. The van der Waals surface area contributed by atoms with E-state index in [9.17, 15) is 13.2 Å². The number of methoxy groups -OCH3 is 1. The smallest absolute Gasteiger partial charge is 0.243 e. The van der Waals surface area contributed by atoms with Crippen LogP contribution in [0.1, 0.15) is 51.4 Å². The molecule has 0 bridgehead atoms. The van der Waals surface area contributed by atoms with Gasteiger partial charge in [0.1, 0.15) is 5.75 Å². The third-order valence-electron chi connectivity index (χ3n) is 5.72. The molecule has 1 N–H and O–H groups in total. The highest BCUT2D eigenvalue weighted by Gasteiger charge is 2.34. The Morgan fingerprint density at radius 1 is 1.14 bits per heavy atom. The maximum Gasteiger partial charge on any atom is 0.243 e. The van der Waals surface area contributed by atoms with Gasteiger partial charge in [0.25, 0.3) is 0 Å². The first-order valence-corrected chi connectivity index (χ1v) is 11.9. The van der Waals surface area contributed by atoms with Crippen molar-refractivity contribution in [2.45, 2.75) is 62.3 Å². The summed E-state index contributed by atoms with van der Waals surface area (Å²) in [6.45, 7) is 0.629. The summed E-state index contributed by atoms with van der Waals surface area (Å²) in [4.78, 5) is 12.9. The van der Waals surface area contributed by atoms with Crippen LogP contribution in [-0.4, -0.2) is 44.9 Å². The Morgan fingerprint density at radius 2 is 1.86 bits per heavy atom. The van der Waals surface area contributed by atoms with Crippen molar-refractivity contribution in [3.63, 3.8) is 0 Å². The van der Waals surface area contributed by atoms with Gasteiger partial charge < -0.3 is 10.1 Å². The molecule has 0 aromatic heterocycles. The lowest BCUT2D eigenvalue weighted by atomic mass is 9.97. The molecule has 1 saturated heterocycles. The second-order valence-corrected chi connectivity index (χ2v) is 10.0. The van der Waals surface area contributed by atoms with Crippen molar-refractivity contribution >= 4 is 27.5 Å². The number of sulfonamides is 1. The molecule has 0 unspecified atom stereocenters. The molecule has 1 aromatic rings. The molecular weight excluding hydrogens is 400 g/mol. The van der Waals surface area contributed by atoms with Crippen LogP contribution in [0.25, 0.3) is 0 Å². The van der Waals surface area contributed by atoms with Gasteiger partial charge in [0.2, 0.25) is 15.9 Å². The third kappa shape index (κ3) is 4.99. The van der Waals surface area contributed by atoms with Crippen molar-refractivity contribution in [1.29, 1.82) is 0 Å². The molecule has 0 spiro atoms. The summed E-state index contributed by atoms with van der Waals surface area (Å²) in [5, 5.41) is 3.42. The van der Waals surface area contributed by atoms with Crippen LogP contribution in [-0.2, 0) is 14.8 Å². The predicted molar refractivity (Wildman–Crippen MR) is 109 cm³/mol. The number of nitrogens with one attached hydrogen (secondary N) is 1. The number of nitrogens with zero attached hydrogens (tertiary/aromatic N) is 1. The fraction of sp³-hybridized carbons (Fsp3) is 0.650. The monoisotopic (exact) mass is 428 g/mol. The van der Waals surface area contributed by atoms with E-state index < -0.39 is 10.0 Å². The SMILES string of the molecule is COc1ccc(S(=O)(=O)N2CCC[C@H](C(=O)NC3CCCCCC3)C2)cc1Cl. The first kappa shape index (κ1) is 21.4. The lowest BCUT2D eigenvalue weighted by Crippen LogP contribution is -2.47. The Bertz CT molecular complexity index is 791. The average molecular weight is 429 g/mol.